The van der Waals surface area contributed by atoms with Gasteiger partial charge in [-0.15, -0.1) is 0 Å². The van der Waals surface area contributed by atoms with Gasteiger partial charge in [-0.2, -0.15) is 0 Å². The summed E-state index contributed by atoms with van der Waals surface area (Å²) >= 11 is 0. The molecule has 0 saturated heterocycles. The third kappa shape index (κ3) is 5.00. The minimum Gasteiger partial charge on any atom is -0.455 e. The Kier molecular flexibility index (Phi) is 7.36. The van der Waals surface area contributed by atoms with Crippen LogP contribution in [0.15, 0.2) is 209 Å². The lowest BCUT2D eigenvalue weighted by Gasteiger charge is -2.32. The molecular formula is C59H39NO2. The van der Waals surface area contributed by atoms with E-state index in [1.807, 2.05) is 0 Å². The number of fused-ring (bicyclic) bond motifs is 13. The monoisotopic (exact) mass is 793 g/mol. The Bertz CT molecular complexity index is 3580. The maximum Gasteiger partial charge on any atom is 0.143 e. The van der Waals surface area contributed by atoms with Crippen LogP contribution >= 0.6 is 0 Å². The highest BCUT2D eigenvalue weighted by molar-refractivity contribution is 6.20. The minimum atomic E-state index is -0.203. The number of rotatable bonds is 5. The van der Waals surface area contributed by atoms with Crippen molar-refractivity contribution in [2.75, 3.05) is 4.90 Å². The van der Waals surface area contributed by atoms with Crippen LogP contribution < -0.4 is 4.90 Å². The fraction of sp³-hybridized carbons (Fsp3) is 0.0508. The first-order chi connectivity index (χ1) is 30.5. The molecule has 1 aliphatic carbocycles. The van der Waals surface area contributed by atoms with Crippen molar-refractivity contribution < 1.29 is 8.83 Å². The van der Waals surface area contributed by atoms with Crippen LogP contribution in [0.3, 0.4) is 0 Å². The van der Waals surface area contributed by atoms with Crippen LogP contribution in [0, 0.1) is 0 Å². The van der Waals surface area contributed by atoms with Crippen molar-refractivity contribution in [3.05, 3.63) is 211 Å². The lowest BCUT2D eigenvalue weighted by molar-refractivity contribution is 0.661. The Morgan fingerprint density at radius 1 is 0.371 bits per heavy atom. The number of benzene rings is 10. The van der Waals surface area contributed by atoms with Crippen LogP contribution in [-0.2, 0) is 5.41 Å². The summed E-state index contributed by atoms with van der Waals surface area (Å²) in [6, 6.07) is 72.4. The SMILES string of the molecule is CC1(C)c2ccccc2-c2cccc(N(c3ccc(-c4cccc5oc6c7ccccc7ccc6c45)cc3)c3ccc(-c4cccc5oc6c7ccccc7ccc6c45)cc3)c21. The average Bonchev–Trinajstić information content (AvgIpc) is 3.98. The first kappa shape index (κ1) is 34.9. The Labute approximate surface area is 358 Å². The largest absolute Gasteiger partial charge is 0.455 e. The zero-order chi connectivity index (χ0) is 41.1. The van der Waals surface area contributed by atoms with Gasteiger partial charge in [0.2, 0.25) is 0 Å². The van der Waals surface area contributed by atoms with Gasteiger partial charge in [-0.1, -0.05) is 159 Å². The fourth-order valence-corrected chi connectivity index (χ4v) is 10.6. The van der Waals surface area contributed by atoms with Crippen LogP contribution in [0.25, 0.3) is 98.8 Å². The fourth-order valence-electron chi connectivity index (χ4n) is 10.6. The molecule has 0 bridgehead atoms. The molecule has 13 rings (SSSR count). The third-order valence-corrected chi connectivity index (χ3v) is 13.4. The second-order valence-corrected chi connectivity index (χ2v) is 17.2. The van der Waals surface area contributed by atoms with E-state index in [1.165, 1.54) is 38.7 Å². The summed E-state index contributed by atoms with van der Waals surface area (Å²) in [6.45, 7) is 4.73. The summed E-state index contributed by atoms with van der Waals surface area (Å²) < 4.78 is 13.2. The zero-order valence-electron chi connectivity index (χ0n) is 34.3. The van der Waals surface area contributed by atoms with E-state index in [4.69, 9.17) is 8.83 Å². The maximum atomic E-state index is 6.58. The van der Waals surface area contributed by atoms with E-state index in [0.29, 0.717) is 0 Å². The van der Waals surface area contributed by atoms with Gasteiger partial charge >= 0.3 is 0 Å². The molecular weight excluding hydrogens is 755 g/mol. The topological polar surface area (TPSA) is 29.5 Å². The van der Waals surface area contributed by atoms with Crippen LogP contribution in [0.4, 0.5) is 17.1 Å². The number of nitrogens with zero attached hydrogens (tertiary/aromatic N) is 1. The Morgan fingerprint density at radius 2 is 0.839 bits per heavy atom. The molecule has 12 aromatic rings. The molecule has 2 heterocycles. The summed E-state index contributed by atoms with van der Waals surface area (Å²) in [4.78, 5) is 2.44. The highest BCUT2D eigenvalue weighted by Crippen LogP contribution is 2.54. The van der Waals surface area contributed by atoms with E-state index in [0.717, 1.165) is 88.3 Å². The summed E-state index contributed by atoms with van der Waals surface area (Å²) in [5.74, 6) is 0. The van der Waals surface area contributed by atoms with Crippen molar-refractivity contribution in [2.24, 2.45) is 0 Å². The van der Waals surface area contributed by atoms with Gasteiger partial charge in [0.25, 0.3) is 0 Å². The van der Waals surface area contributed by atoms with E-state index in [1.54, 1.807) is 0 Å². The zero-order valence-corrected chi connectivity index (χ0v) is 34.3. The van der Waals surface area contributed by atoms with Gasteiger partial charge in [-0.05, 0) is 110 Å². The number of hydrogen-bond donors (Lipinski definition) is 0. The standard InChI is InChI=1S/C59H39NO2/c1-59(2)50-20-8-7-16-46(50)47-19-9-21-51(56(47)59)60(40-30-24-38(25-31-40)42-17-10-22-52-54(42)48-34-28-36-12-3-5-14-44(36)57(48)61-52)41-32-26-39(27-33-41)43-18-11-23-53-55(43)49-35-29-37-13-4-6-15-45(37)58(49)62-53/h3-35H,1-2H3. The van der Waals surface area contributed by atoms with Gasteiger partial charge in [-0.3, -0.25) is 0 Å². The van der Waals surface area contributed by atoms with E-state index < -0.39 is 0 Å². The summed E-state index contributed by atoms with van der Waals surface area (Å²) in [5, 5.41) is 9.17. The molecule has 0 fully saturated rings. The Hall–Kier alpha value is -7.88. The quantitative estimate of drug-likeness (QED) is 0.174. The highest BCUT2D eigenvalue weighted by Gasteiger charge is 2.38. The van der Waals surface area contributed by atoms with Crippen LogP contribution in [-0.4, -0.2) is 0 Å². The van der Waals surface area contributed by atoms with Crippen molar-refractivity contribution in [3.8, 4) is 33.4 Å². The predicted octanol–water partition coefficient (Wildman–Crippen LogP) is 16.9. The molecule has 0 unspecified atom stereocenters. The summed E-state index contributed by atoms with van der Waals surface area (Å²) in [5.41, 5.74) is 16.7. The lowest BCUT2D eigenvalue weighted by Crippen LogP contribution is -2.20. The third-order valence-electron chi connectivity index (χ3n) is 13.4. The first-order valence-corrected chi connectivity index (χ1v) is 21.4. The van der Waals surface area contributed by atoms with Gasteiger partial charge in [0.15, 0.2) is 0 Å². The number of furan rings is 2. The van der Waals surface area contributed by atoms with Crippen molar-refractivity contribution in [1.82, 2.24) is 0 Å². The van der Waals surface area contributed by atoms with E-state index in [2.05, 4.69) is 219 Å². The minimum absolute atomic E-state index is 0.203. The molecule has 0 amide bonds. The van der Waals surface area contributed by atoms with Crippen LogP contribution in [0.1, 0.15) is 25.0 Å². The maximum absolute atomic E-state index is 6.58. The molecule has 2 aromatic heterocycles. The molecule has 62 heavy (non-hydrogen) atoms. The molecule has 3 nitrogen and oxygen atoms in total. The molecule has 0 radical (unpaired) electrons. The second-order valence-electron chi connectivity index (χ2n) is 17.2. The predicted molar refractivity (Wildman–Crippen MR) is 259 cm³/mol. The Morgan fingerprint density at radius 3 is 1.40 bits per heavy atom. The first-order valence-electron chi connectivity index (χ1n) is 21.4. The Balaban J connectivity index is 0.965. The van der Waals surface area contributed by atoms with Gasteiger partial charge in [0.1, 0.15) is 22.3 Å². The molecule has 292 valence electrons. The van der Waals surface area contributed by atoms with Gasteiger partial charge in [0.05, 0.1) is 5.69 Å². The second kappa shape index (κ2) is 13.1. The van der Waals surface area contributed by atoms with Crippen LogP contribution in [0.5, 0.6) is 0 Å². The molecule has 10 aromatic carbocycles. The van der Waals surface area contributed by atoms with Crippen molar-refractivity contribution in [3.63, 3.8) is 0 Å². The highest BCUT2D eigenvalue weighted by atomic mass is 16.3. The van der Waals surface area contributed by atoms with Crippen molar-refractivity contribution in [2.45, 2.75) is 19.3 Å². The van der Waals surface area contributed by atoms with Gasteiger partial charge < -0.3 is 13.7 Å². The van der Waals surface area contributed by atoms with Crippen molar-refractivity contribution >= 4 is 82.5 Å². The van der Waals surface area contributed by atoms with Gasteiger partial charge in [0, 0.05) is 49.1 Å². The normalized spacial score (nSPS) is 13.1. The molecule has 0 aliphatic heterocycles. The molecule has 0 saturated carbocycles. The number of hydrogen-bond acceptors (Lipinski definition) is 3. The van der Waals surface area contributed by atoms with Crippen molar-refractivity contribution in [1.29, 1.82) is 0 Å². The van der Waals surface area contributed by atoms with E-state index in [-0.39, 0.29) is 5.41 Å². The lowest BCUT2D eigenvalue weighted by atomic mass is 9.81. The molecule has 0 atom stereocenters. The smallest absolute Gasteiger partial charge is 0.143 e. The number of anilines is 3. The molecule has 0 N–H and O–H groups in total. The van der Waals surface area contributed by atoms with E-state index in [9.17, 15) is 0 Å². The molecule has 1 aliphatic rings. The van der Waals surface area contributed by atoms with E-state index >= 15 is 0 Å². The molecule has 0 spiro atoms. The van der Waals surface area contributed by atoms with Gasteiger partial charge in [-0.25, -0.2) is 0 Å². The van der Waals surface area contributed by atoms with Crippen LogP contribution in [0.2, 0.25) is 0 Å². The molecule has 3 heteroatoms. The summed E-state index contributed by atoms with van der Waals surface area (Å²) in [7, 11) is 0. The summed E-state index contributed by atoms with van der Waals surface area (Å²) in [6.07, 6.45) is 0. The average molecular weight is 794 g/mol.